The Morgan fingerprint density at radius 2 is 2.06 bits per heavy atom. The molecular weight excluding hydrogens is 460 g/mol. The summed E-state index contributed by atoms with van der Waals surface area (Å²) in [5.74, 6) is 1.52. The van der Waals surface area contributed by atoms with E-state index in [-0.39, 0.29) is 11.8 Å². The molecule has 35 heavy (non-hydrogen) atoms. The van der Waals surface area contributed by atoms with Crippen LogP contribution in [0.4, 0.5) is 5.82 Å². The molecule has 1 saturated heterocycles. The van der Waals surface area contributed by atoms with Crippen LogP contribution in [0.3, 0.4) is 0 Å². The third kappa shape index (κ3) is 5.07. The smallest absolute Gasteiger partial charge is 0.225 e. The average molecular weight is 489 g/mol. The zero-order valence-electron chi connectivity index (χ0n) is 20.1. The molecule has 5 rings (SSSR count). The lowest BCUT2D eigenvalue weighted by Gasteiger charge is -2.32. The van der Waals surface area contributed by atoms with Crippen LogP contribution in [0.5, 0.6) is 0 Å². The van der Waals surface area contributed by atoms with E-state index in [1.807, 2.05) is 55.9 Å². The highest BCUT2D eigenvalue weighted by Crippen LogP contribution is 2.28. The summed E-state index contributed by atoms with van der Waals surface area (Å²) in [5.41, 5.74) is 3.90. The van der Waals surface area contributed by atoms with Gasteiger partial charge in [-0.3, -0.25) is 9.78 Å². The van der Waals surface area contributed by atoms with E-state index in [0.717, 1.165) is 63.6 Å². The van der Waals surface area contributed by atoms with Gasteiger partial charge in [-0.1, -0.05) is 0 Å². The fourth-order valence-corrected chi connectivity index (χ4v) is 5.39. The Morgan fingerprint density at radius 1 is 1.20 bits per heavy atom. The maximum absolute atomic E-state index is 13.1. The monoisotopic (exact) mass is 488 g/mol. The number of carbonyl (C=O) groups is 1. The second kappa shape index (κ2) is 9.91. The molecule has 1 aliphatic heterocycles. The number of amides is 1. The van der Waals surface area contributed by atoms with Crippen LogP contribution in [0.2, 0.25) is 0 Å². The van der Waals surface area contributed by atoms with E-state index in [0.29, 0.717) is 13.1 Å². The number of aromatic nitrogens is 6. The minimum atomic E-state index is -0.0955. The van der Waals surface area contributed by atoms with Crippen LogP contribution in [-0.2, 0) is 11.3 Å². The molecule has 0 radical (unpaired) electrons. The highest BCUT2D eigenvalue weighted by molar-refractivity contribution is 7.15. The Balaban J connectivity index is 1.24. The summed E-state index contributed by atoms with van der Waals surface area (Å²) in [6.45, 7) is 7.92. The van der Waals surface area contributed by atoms with Crippen molar-refractivity contribution in [3.63, 3.8) is 0 Å². The zero-order chi connectivity index (χ0) is 24.4. The van der Waals surface area contributed by atoms with Gasteiger partial charge in [0.25, 0.3) is 0 Å². The van der Waals surface area contributed by atoms with E-state index in [1.54, 1.807) is 23.9 Å². The summed E-state index contributed by atoms with van der Waals surface area (Å²) in [5, 5.41) is 8.59. The van der Waals surface area contributed by atoms with Gasteiger partial charge in [-0.05, 0) is 51.8 Å². The Bertz CT molecular complexity index is 1330. The third-order valence-corrected chi connectivity index (χ3v) is 7.41. The summed E-state index contributed by atoms with van der Waals surface area (Å²) in [7, 11) is 0. The number of thiazole rings is 1. The second-order valence-corrected chi connectivity index (χ2v) is 9.93. The molecule has 1 atom stereocenters. The van der Waals surface area contributed by atoms with Crippen molar-refractivity contribution in [2.75, 3.05) is 18.0 Å². The van der Waals surface area contributed by atoms with E-state index < -0.39 is 0 Å². The molecule has 0 aliphatic carbocycles. The summed E-state index contributed by atoms with van der Waals surface area (Å²) in [6.07, 6.45) is 6.92. The molecule has 5 heterocycles. The fraction of sp³-hybridized carbons (Fsp3) is 0.360. The number of hydrogen-bond acceptors (Lipinski definition) is 8. The molecule has 1 amide bonds. The van der Waals surface area contributed by atoms with Gasteiger partial charge in [0.2, 0.25) is 5.91 Å². The van der Waals surface area contributed by atoms with Gasteiger partial charge < -0.3 is 10.2 Å². The van der Waals surface area contributed by atoms with Gasteiger partial charge in [0.05, 0.1) is 23.9 Å². The first kappa shape index (κ1) is 23.1. The molecule has 9 nitrogen and oxygen atoms in total. The quantitative estimate of drug-likeness (QED) is 0.442. The van der Waals surface area contributed by atoms with E-state index in [9.17, 15) is 4.79 Å². The van der Waals surface area contributed by atoms with Crippen LogP contribution in [-0.4, -0.2) is 48.7 Å². The van der Waals surface area contributed by atoms with Crippen LogP contribution in [0.15, 0.2) is 43.0 Å². The van der Waals surface area contributed by atoms with Crippen molar-refractivity contribution in [2.45, 2.75) is 40.2 Å². The predicted octanol–water partition coefficient (Wildman–Crippen LogP) is 3.64. The predicted molar refractivity (Wildman–Crippen MR) is 135 cm³/mol. The van der Waals surface area contributed by atoms with Gasteiger partial charge in [-0.2, -0.15) is 5.10 Å². The highest BCUT2D eigenvalue weighted by Gasteiger charge is 2.27. The molecule has 4 aromatic heterocycles. The number of piperidine rings is 1. The number of aryl methyl sites for hydroxylation is 3. The topological polar surface area (TPSA) is 102 Å². The first-order valence-corrected chi connectivity index (χ1v) is 12.5. The van der Waals surface area contributed by atoms with Crippen LogP contribution in [0.1, 0.15) is 34.8 Å². The maximum atomic E-state index is 13.1. The molecule has 180 valence electrons. The summed E-state index contributed by atoms with van der Waals surface area (Å²) in [6, 6.07) is 7.87. The molecular formula is C25H28N8OS. The molecule has 10 heteroatoms. The number of carbonyl (C=O) groups excluding carboxylic acids is 1. The molecule has 1 fully saturated rings. The van der Waals surface area contributed by atoms with Crippen molar-refractivity contribution < 1.29 is 4.79 Å². The van der Waals surface area contributed by atoms with Crippen LogP contribution in [0.25, 0.3) is 16.4 Å². The lowest BCUT2D eigenvalue weighted by atomic mass is 9.97. The normalized spacial score (nSPS) is 15.9. The minimum Gasteiger partial charge on any atom is -0.356 e. The van der Waals surface area contributed by atoms with Gasteiger partial charge in [-0.25, -0.2) is 19.6 Å². The van der Waals surface area contributed by atoms with Gasteiger partial charge in [0.1, 0.15) is 17.2 Å². The molecule has 1 N–H and O–H groups in total. The standard InChI is InChI=1S/C25H28N8OS/c1-16-10-17(2)33(31-16)23-11-22(28-15-29-23)32-9-5-7-20(14-32)24(34)27-13-21-18(3)30-25(35-21)19-6-4-8-26-12-19/h4,6,8,10-12,15,20H,5,7,9,13-14H2,1-3H3,(H,27,34). The van der Waals surface area contributed by atoms with E-state index in [1.165, 1.54) is 0 Å². The zero-order valence-corrected chi connectivity index (χ0v) is 20.9. The molecule has 0 aromatic carbocycles. The van der Waals surface area contributed by atoms with Crippen molar-refractivity contribution in [1.29, 1.82) is 0 Å². The molecule has 1 unspecified atom stereocenters. The maximum Gasteiger partial charge on any atom is 0.225 e. The Morgan fingerprint density at radius 3 is 2.83 bits per heavy atom. The molecule has 4 aromatic rings. The van der Waals surface area contributed by atoms with E-state index in [2.05, 4.69) is 35.3 Å². The Hall–Kier alpha value is -3.66. The number of hydrogen-bond donors (Lipinski definition) is 1. The highest BCUT2D eigenvalue weighted by atomic mass is 32.1. The van der Waals surface area contributed by atoms with Gasteiger partial charge in [-0.15, -0.1) is 11.3 Å². The molecule has 1 aliphatic rings. The summed E-state index contributed by atoms with van der Waals surface area (Å²) < 4.78 is 1.83. The third-order valence-electron chi connectivity index (χ3n) is 6.21. The first-order valence-electron chi connectivity index (χ1n) is 11.7. The van der Waals surface area contributed by atoms with Crippen molar-refractivity contribution >= 4 is 23.1 Å². The Kier molecular flexibility index (Phi) is 6.54. The molecule has 0 bridgehead atoms. The SMILES string of the molecule is Cc1cc(C)n(-c2cc(N3CCCC(C(=O)NCc4sc(-c5cccnc5)nc4C)C3)ncn2)n1. The molecule has 0 saturated carbocycles. The minimum absolute atomic E-state index is 0.0678. The summed E-state index contributed by atoms with van der Waals surface area (Å²) >= 11 is 1.60. The number of nitrogens with one attached hydrogen (secondary N) is 1. The van der Waals surface area contributed by atoms with Gasteiger partial charge in [0.15, 0.2) is 5.82 Å². The number of rotatable bonds is 6. The average Bonchev–Trinajstić information content (AvgIpc) is 3.43. The van der Waals surface area contributed by atoms with E-state index in [4.69, 9.17) is 0 Å². The number of nitrogens with zero attached hydrogens (tertiary/aromatic N) is 7. The van der Waals surface area contributed by atoms with E-state index >= 15 is 0 Å². The van der Waals surface area contributed by atoms with Crippen molar-refractivity contribution in [2.24, 2.45) is 5.92 Å². The lowest BCUT2D eigenvalue weighted by Crippen LogP contribution is -2.43. The number of pyridine rings is 1. The molecule has 0 spiro atoms. The van der Waals surface area contributed by atoms with Crippen LogP contribution < -0.4 is 10.2 Å². The van der Waals surface area contributed by atoms with Gasteiger partial charge in [0, 0.05) is 47.7 Å². The summed E-state index contributed by atoms with van der Waals surface area (Å²) in [4.78, 5) is 34.0. The van der Waals surface area contributed by atoms with Crippen molar-refractivity contribution in [1.82, 2.24) is 35.0 Å². The Labute approximate surface area is 208 Å². The van der Waals surface area contributed by atoms with Crippen molar-refractivity contribution in [3.8, 4) is 16.4 Å². The second-order valence-electron chi connectivity index (χ2n) is 8.85. The largest absolute Gasteiger partial charge is 0.356 e. The first-order chi connectivity index (χ1) is 17.0. The lowest BCUT2D eigenvalue weighted by molar-refractivity contribution is -0.125. The van der Waals surface area contributed by atoms with Crippen LogP contribution in [0, 0.1) is 26.7 Å². The number of anilines is 1. The van der Waals surface area contributed by atoms with Crippen LogP contribution >= 0.6 is 11.3 Å². The fourth-order valence-electron chi connectivity index (χ4n) is 4.40. The van der Waals surface area contributed by atoms with Gasteiger partial charge >= 0.3 is 0 Å². The van der Waals surface area contributed by atoms with Crippen molar-refractivity contribution in [3.05, 3.63) is 64.9 Å².